The first-order chi connectivity index (χ1) is 18.8. The molecule has 2 aliphatic rings. The molecule has 0 saturated heterocycles. The number of nitrogens with zero attached hydrogens (tertiary/aromatic N) is 5. The van der Waals surface area contributed by atoms with E-state index in [1.54, 1.807) is 24.8 Å². The predicted molar refractivity (Wildman–Crippen MR) is 153 cm³/mol. The fourth-order valence-corrected chi connectivity index (χ4v) is 7.19. The molecule has 2 atom stereocenters. The molecule has 0 radical (unpaired) electrons. The minimum absolute atomic E-state index is 0.396. The summed E-state index contributed by atoms with van der Waals surface area (Å²) in [7, 11) is 0. The van der Waals surface area contributed by atoms with Crippen LogP contribution < -0.4 is 0 Å². The standard InChI is InChI=1S/C32H21N5S/c1-3-9-27-23(7-1)25-11-12-26-24-8-2-4-10-28(24)38-30(26)29(25)37(27)22-18-20(31-33-13-5-14-34-31)17-21(19-22)32-35-15-6-16-36-32/h1-19,24,28H. The van der Waals surface area contributed by atoms with Crippen LogP contribution in [0, 0.1) is 0 Å². The van der Waals surface area contributed by atoms with Crippen LogP contribution in [0.3, 0.4) is 0 Å². The molecule has 1 aliphatic carbocycles. The van der Waals surface area contributed by atoms with Gasteiger partial charge in [0.2, 0.25) is 0 Å². The van der Waals surface area contributed by atoms with Gasteiger partial charge in [-0.2, -0.15) is 0 Å². The molecule has 0 saturated carbocycles. The Morgan fingerprint density at radius 1 is 0.658 bits per heavy atom. The van der Waals surface area contributed by atoms with Crippen molar-refractivity contribution in [1.29, 1.82) is 0 Å². The second-order valence-corrected chi connectivity index (χ2v) is 10.7. The summed E-state index contributed by atoms with van der Waals surface area (Å²) in [5.74, 6) is 1.74. The highest BCUT2D eigenvalue weighted by Crippen LogP contribution is 2.52. The van der Waals surface area contributed by atoms with Gasteiger partial charge in [-0.1, -0.05) is 54.6 Å². The number of thioether (sulfide) groups is 1. The van der Waals surface area contributed by atoms with Gasteiger partial charge in [0.05, 0.1) is 11.0 Å². The predicted octanol–water partition coefficient (Wildman–Crippen LogP) is 7.38. The van der Waals surface area contributed by atoms with E-state index in [-0.39, 0.29) is 0 Å². The number of hydrogen-bond acceptors (Lipinski definition) is 5. The Bertz CT molecular complexity index is 1850. The maximum atomic E-state index is 4.56. The summed E-state index contributed by atoms with van der Waals surface area (Å²) in [4.78, 5) is 19.6. The van der Waals surface area contributed by atoms with E-state index in [4.69, 9.17) is 0 Å². The van der Waals surface area contributed by atoms with E-state index in [0.29, 0.717) is 22.8 Å². The van der Waals surface area contributed by atoms with E-state index in [1.165, 1.54) is 32.3 Å². The molecule has 0 bridgehead atoms. The Balaban J connectivity index is 1.46. The highest BCUT2D eigenvalue weighted by molar-refractivity contribution is 8.00. The molecule has 1 aliphatic heterocycles. The third kappa shape index (κ3) is 3.27. The summed E-state index contributed by atoms with van der Waals surface area (Å²) in [6, 6.07) is 23.4. The molecule has 6 aromatic rings. The quantitative estimate of drug-likeness (QED) is 0.250. The molecule has 2 unspecified atom stereocenters. The van der Waals surface area contributed by atoms with Crippen molar-refractivity contribution >= 4 is 33.6 Å². The number of fused-ring (bicyclic) bond motifs is 7. The molecular formula is C32H21N5S. The van der Waals surface area contributed by atoms with Crippen LogP contribution in [-0.4, -0.2) is 29.8 Å². The van der Waals surface area contributed by atoms with Crippen molar-refractivity contribution in [3.05, 3.63) is 121 Å². The van der Waals surface area contributed by atoms with E-state index in [0.717, 1.165) is 16.8 Å². The first-order valence-corrected chi connectivity index (χ1v) is 13.5. The van der Waals surface area contributed by atoms with Crippen LogP contribution in [-0.2, 0) is 0 Å². The third-order valence-electron chi connectivity index (χ3n) is 7.34. The summed E-state index contributed by atoms with van der Waals surface area (Å²) in [5, 5.41) is 2.92. The molecule has 6 heteroatoms. The number of benzene rings is 3. The van der Waals surface area contributed by atoms with E-state index in [2.05, 4.69) is 103 Å². The summed E-state index contributed by atoms with van der Waals surface area (Å²) >= 11 is 1.97. The lowest BCUT2D eigenvalue weighted by molar-refractivity contribution is 0.882. The number of hydrogen-bond donors (Lipinski definition) is 0. The van der Waals surface area contributed by atoms with Crippen molar-refractivity contribution in [2.45, 2.75) is 16.1 Å². The minimum atomic E-state index is 0.396. The van der Waals surface area contributed by atoms with Crippen LogP contribution in [0.4, 0.5) is 0 Å². The zero-order valence-electron chi connectivity index (χ0n) is 20.3. The molecule has 38 heavy (non-hydrogen) atoms. The Kier molecular flexibility index (Phi) is 4.82. The molecule has 0 amide bonds. The topological polar surface area (TPSA) is 56.5 Å². The summed E-state index contributed by atoms with van der Waals surface area (Å²) < 4.78 is 2.40. The van der Waals surface area contributed by atoms with Gasteiger partial charge in [0.25, 0.3) is 0 Å². The lowest BCUT2D eigenvalue weighted by Gasteiger charge is -2.14. The molecule has 8 rings (SSSR count). The summed E-state index contributed by atoms with van der Waals surface area (Å²) in [6.07, 6.45) is 16.1. The third-order valence-corrected chi connectivity index (χ3v) is 8.73. The first-order valence-electron chi connectivity index (χ1n) is 12.6. The maximum Gasteiger partial charge on any atom is 0.159 e. The van der Waals surface area contributed by atoms with E-state index in [1.807, 2.05) is 23.9 Å². The smallest absolute Gasteiger partial charge is 0.159 e. The van der Waals surface area contributed by atoms with E-state index in [9.17, 15) is 0 Å². The highest BCUT2D eigenvalue weighted by Gasteiger charge is 2.34. The van der Waals surface area contributed by atoms with Gasteiger partial charge < -0.3 is 4.57 Å². The lowest BCUT2D eigenvalue weighted by atomic mass is 9.92. The second-order valence-electron chi connectivity index (χ2n) is 9.52. The fraction of sp³-hybridized carbons (Fsp3) is 0.0625. The number of rotatable bonds is 3. The van der Waals surface area contributed by atoms with Crippen LogP contribution in [0.15, 0.2) is 121 Å². The van der Waals surface area contributed by atoms with Gasteiger partial charge in [0.1, 0.15) is 0 Å². The van der Waals surface area contributed by atoms with Crippen LogP contribution in [0.5, 0.6) is 0 Å². The number of aromatic nitrogens is 5. The molecule has 3 aromatic carbocycles. The molecule has 5 nitrogen and oxygen atoms in total. The largest absolute Gasteiger partial charge is 0.308 e. The Hall–Kier alpha value is -4.55. The van der Waals surface area contributed by atoms with Gasteiger partial charge in [-0.15, -0.1) is 11.8 Å². The lowest BCUT2D eigenvalue weighted by Crippen LogP contribution is -2.06. The van der Waals surface area contributed by atoms with Gasteiger partial charge in [-0.3, -0.25) is 0 Å². The highest BCUT2D eigenvalue weighted by atomic mass is 32.2. The van der Waals surface area contributed by atoms with Gasteiger partial charge >= 0.3 is 0 Å². The Labute approximate surface area is 223 Å². The van der Waals surface area contributed by atoms with Crippen molar-refractivity contribution in [2.24, 2.45) is 0 Å². The van der Waals surface area contributed by atoms with E-state index < -0.39 is 0 Å². The zero-order chi connectivity index (χ0) is 25.1. The summed E-state index contributed by atoms with van der Waals surface area (Å²) in [6.45, 7) is 0. The number of para-hydroxylation sites is 1. The summed E-state index contributed by atoms with van der Waals surface area (Å²) in [5.41, 5.74) is 6.71. The van der Waals surface area contributed by atoms with Crippen LogP contribution in [0.2, 0.25) is 0 Å². The van der Waals surface area contributed by atoms with Crippen molar-refractivity contribution in [3.8, 4) is 28.5 Å². The van der Waals surface area contributed by atoms with Gasteiger partial charge in [-0.05, 0) is 42.0 Å². The normalized spacial score (nSPS) is 17.7. The maximum absolute atomic E-state index is 4.56. The Morgan fingerprint density at radius 3 is 2.08 bits per heavy atom. The van der Waals surface area contributed by atoms with Gasteiger partial charge in [-0.25, -0.2) is 19.9 Å². The molecule has 4 heterocycles. The fourth-order valence-electron chi connectivity index (χ4n) is 5.71. The molecule has 0 N–H and O–H groups in total. The second kappa shape index (κ2) is 8.50. The monoisotopic (exact) mass is 507 g/mol. The van der Waals surface area contributed by atoms with Gasteiger partial charge in [0, 0.05) is 68.4 Å². The molecule has 3 aromatic heterocycles. The minimum Gasteiger partial charge on any atom is -0.308 e. The van der Waals surface area contributed by atoms with Crippen molar-refractivity contribution in [2.75, 3.05) is 0 Å². The van der Waals surface area contributed by atoms with Crippen LogP contribution in [0.1, 0.15) is 11.5 Å². The Morgan fingerprint density at radius 2 is 1.34 bits per heavy atom. The molecule has 180 valence electrons. The SMILES string of the molecule is C1=CC2Sc3c(ccc4c5ccccc5n(-c5cc(-c6ncccn6)cc(-c6ncccn6)c5)c34)C2C=C1. The zero-order valence-corrected chi connectivity index (χ0v) is 21.1. The van der Waals surface area contributed by atoms with Crippen molar-refractivity contribution in [3.63, 3.8) is 0 Å². The molecule has 0 fully saturated rings. The van der Waals surface area contributed by atoms with E-state index >= 15 is 0 Å². The van der Waals surface area contributed by atoms with Crippen molar-refractivity contribution < 1.29 is 0 Å². The average Bonchev–Trinajstić information content (AvgIpc) is 3.54. The average molecular weight is 508 g/mol. The first kappa shape index (κ1) is 21.5. The van der Waals surface area contributed by atoms with Gasteiger partial charge in [0.15, 0.2) is 11.6 Å². The molecular weight excluding hydrogens is 486 g/mol. The van der Waals surface area contributed by atoms with Crippen LogP contribution in [0.25, 0.3) is 50.3 Å². The van der Waals surface area contributed by atoms with Crippen LogP contribution >= 0.6 is 11.8 Å². The molecule has 0 spiro atoms. The number of allylic oxidation sites excluding steroid dienone is 3. The van der Waals surface area contributed by atoms with Crippen molar-refractivity contribution in [1.82, 2.24) is 24.5 Å².